The molecule has 3 aromatic rings. The number of pyridine rings is 1. The third-order valence-corrected chi connectivity index (χ3v) is 4.49. The maximum absolute atomic E-state index is 12.2. The van der Waals surface area contributed by atoms with Gasteiger partial charge in [0.1, 0.15) is 11.7 Å². The molecule has 1 atom stereocenters. The Hall–Kier alpha value is -2.70. The summed E-state index contributed by atoms with van der Waals surface area (Å²) in [4.78, 5) is 19.8. The Morgan fingerprint density at radius 2 is 1.96 bits per heavy atom. The lowest BCUT2D eigenvalue weighted by molar-refractivity contribution is -0.122. The molecule has 136 valence electrons. The number of anilines is 1. The molecule has 0 radical (unpaired) electrons. The van der Waals surface area contributed by atoms with E-state index in [1.54, 1.807) is 6.20 Å². The van der Waals surface area contributed by atoms with Crippen LogP contribution in [0.5, 0.6) is 0 Å². The number of nitrogens with one attached hydrogen (secondary N) is 2. The SMILES string of the molecule is Cc1cc2c(-c3ccc(NC(=O)[C@H](N)C(C)(C)O)cc3C)ccnc2[nH]1. The van der Waals surface area contributed by atoms with Gasteiger partial charge in [-0.05, 0) is 68.7 Å². The van der Waals surface area contributed by atoms with Crippen molar-refractivity contribution in [3.05, 3.63) is 47.8 Å². The summed E-state index contributed by atoms with van der Waals surface area (Å²) in [5.74, 6) is -0.419. The van der Waals surface area contributed by atoms with Gasteiger partial charge in [-0.15, -0.1) is 0 Å². The second-order valence-corrected chi connectivity index (χ2v) is 7.22. The number of aryl methyl sites for hydroxylation is 2. The van der Waals surface area contributed by atoms with Crippen molar-refractivity contribution < 1.29 is 9.90 Å². The molecule has 0 unspecified atom stereocenters. The molecule has 6 heteroatoms. The number of aromatic nitrogens is 2. The highest BCUT2D eigenvalue weighted by Crippen LogP contribution is 2.31. The van der Waals surface area contributed by atoms with Crippen LogP contribution in [-0.4, -0.2) is 32.6 Å². The monoisotopic (exact) mass is 352 g/mol. The number of carbonyl (C=O) groups is 1. The van der Waals surface area contributed by atoms with E-state index in [2.05, 4.69) is 21.4 Å². The molecule has 0 aliphatic heterocycles. The number of rotatable bonds is 4. The Labute approximate surface area is 152 Å². The van der Waals surface area contributed by atoms with E-state index in [0.29, 0.717) is 5.69 Å². The quantitative estimate of drug-likeness (QED) is 0.579. The number of H-pyrrole nitrogens is 1. The predicted molar refractivity (Wildman–Crippen MR) is 104 cm³/mol. The van der Waals surface area contributed by atoms with Gasteiger partial charge in [0.05, 0.1) is 5.60 Å². The summed E-state index contributed by atoms with van der Waals surface area (Å²) in [5.41, 5.74) is 10.2. The molecule has 26 heavy (non-hydrogen) atoms. The first-order valence-corrected chi connectivity index (χ1v) is 8.51. The van der Waals surface area contributed by atoms with Crippen LogP contribution in [0.25, 0.3) is 22.2 Å². The van der Waals surface area contributed by atoms with Gasteiger partial charge in [0.25, 0.3) is 0 Å². The molecule has 0 saturated carbocycles. The molecule has 1 aromatic carbocycles. The lowest BCUT2D eigenvalue weighted by Crippen LogP contribution is -2.51. The number of aliphatic hydroxyl groups is 1. The van der Waals surface area contributed by atoms with Crippen LogP contribution < -0.4 is 11.1 Å². The third kappa shape index (κ3) is 3.47. The van der Waals surface area contributed by atoms with Gasteiger partial charge in [-0.3, -0.25) is 4.79 Å². The van der Waals surface area contributed by atoms with Crippen LogP contribution >= 0.6 is 0 Å². The zero-order valence-corrected chi connectivity index (χ0v) is 15.4. The summed E-state index contributed by atoms with van der Waals surface area (Å²) >= 11 is 0. The van der Waals surface area contributed by atoms with Gasteiger partial charge in [0.15, 0.2) is 0 Å². The topological polar surface area (TPSA) is 104 Å². The molecule has 6 nitrogen and oxygen atoms in total. The number of nitrogens with two attached hydrogens (primary N) is 1. The lowest BCUT2D eigenvalue weighted by Gasteiger charge is -2.24. The summed E-state index contributed by atoms with van der Waals surface area (Å²) in [6.45, 7) is 7.02. The summed E-state index contributed by atoms with van der Waals surface area (Å²) < 4.78 is 0. The minimum Gasteiger partial charge on any atom is -0.388 e. The molecular formula is C20H24N4O2. The molecule has 0 saturated heterocycles. The number of hydrogen-bond donors (Lipinski definition) is 4. The summed E-state index contributed by atoms with van der Waals surface area (Å²) in [7, 11) is 0. The average molecular weight is 352 g/mol. The van der Waals surface area contributed by atoms with Gasteiger partial charge in [0.2, 0.25) is 5.91 Å². The van der Waals surface area contributed by atoms with E-state index in [-0.39, 0.29) is 0 Å². The van der Waals surface area contributed by atoms with Crippen LogP contribution in [0.4, 0.5) is 5.69 Å². The van der Waals surface area contributed by atoms with Crippen molar-refractivity contribution in [1.29, 1.82) is 0 Å². The normalized spacial score (nSPS) is 13.0. The van der Waals surface area contributed by atoms with E-state index in [0.717, 1.165) is 33.4 Å². The smallest absolute Gasteiger partial charge is 0.244 e. The van der Waals surface area contributed by atoms with Crippen LogP contribution in [0.1, 0.15) is 25.1 Å². The fraction of sp³-hybridized carbons (Fsp3) is 0.300. The first-order chi connectivity index (χ1) is 12.2. The third-order valence-electron chi connectivity index (χ3n) is 4.49. The van der Waals surface area contributed by atoms with Crippen molar-refractivity contribution in [3.63, 3.8) is 0 Å². The molecule has 3 rings (SSSR count). The van der Waals surface area contributed by atoms with Gasteiger partial charge in [-0.1, -0.05) is 6.07 Å². The van der Waals surface area contributed by atoms with Crippen LogP contribution in [0.15, 0.2) is 36.5 Å². The van der Waals surface area contributed by atoms with E-state index in [1.807, 2.05) is 38.1 Å². The summed E-state index contributed by atoms with van der Waals surface area (Å²) in [6.07, 6.45) is 1.78. The van der Waals surface area contributed by atoms with E-state index >= 15 is 0 Å². The Morgan fingerprint density at radius 1 is 1.23 bits per heavy atom. The van der Waals surface area contributed by atoms with Crippen LogP contribution in [0, 0.1) is 13.8 Å². The van der Waals surface area contributed by atoms with Crippen molar-refractivity contribution in [2.75, 3.05) is 5.32 Å². The highest BCUT2D eigenvalue weighted by molar-refractivity contribution is 5.97. The molecule has 1 amide bonds. The van der Waals surface area contributed by atoms with Crippen LogP contribution in [0.3, 0.4) is 0 Å². The molecular weight excluding hydrogens is 328 g/mol. The molecule has 0 fully saturated rings. The molecule has 2 aromatic heterocycles. The van der Waals surface area contributed by atoms with Gasteiger partial charge in [0, 0.05) is 23.0 Å². The van der Waals surface area contributed by atoms with Crippen LogP contribution in [-0.2, 0) is 4.79 Å². The van der Waals surface area contributed by atoms with E-state index < -0.39 is 17.6 Å². The Kier molecular flexibility index (Phi) is 4.56. The number of fused-ring (bicyclic) bond motifs is 1. The van der Waals surface area contributed by atoms with Crippen molar-refractivity contribution >= 4 is 22.6 Å². The Morgan fingerprint density at radius 3 is 2.62 bits per heavy atom. The second-order valence-electron chi connectivity index (χ2n) is 7.22. The van der Waals surface area contributed by atoms with E-state index in [4.69, 9.17) is 5.73 Å². The zero-order chi connectivity index (χ0) is 19.1. The zero-order valence-electron chi connectivity index (χ0n) is 15.4. The van der Waals surface area contributed by atoms with Crippen LogP contribution in [0.2, 0.25) is 0 Å². The number of hydrogen-bond acceptors (Lipinski definition) is 4. The first-order valence-electron chi connectivity index (χ1n) is 8.51. The van der Waals surface area contributed by atoms with Crippen molar-refractivity contribution in [2.45, 2.75) is 39.3 Å². The fourth-order valence-electron chi connectivity index (χ4n) is 2.98. The number of amides is 1. The molecule has 0 spiro atoms. The Balaban J connectivity index is 1.92. The Bertz CT molecular complexity index is 970. The summed E-state index contributed by atoms with van der Waals surface area (Å²) in [5, 5.41) is 13.7. The molecule has 0 bridgehead atoms. The van der Waals surface area contributed by atoms with E-state index in [1.165, 1.54) is 13.8 Å². The second kappa shape index (κ2) is 6.55. The fourth-order valence-corrected chi connectivity index (χ4v) is 2.98. The van der Waals surface area contributed by atoms with Crippen molar-refractivity contribution in [2.24, 2.45) is 5.73 Å². The lowest BCUT2D eigenvalue weighted by atomic mass is 9.97. The number of carbonyl (C=O) groups excluding carboxylic acids is 1. The standard InChI is InChI=1S/C20H24N4O2/c1-11-9-13(24-19(25)17(21)20(3,4)26)5-6-14(11)15-7-8-22-18-16(15)10-12(2)23-18/h5-10,17,26H,21H2,1-4H3,(H,22,23)(H,24,25)/t17-/m0/s1. The molecule has 2 heterocycles. The maximum atomic E-state index is 12.2. The van der Waals surface area contributed by atoms with Gasteiger partial charge >= 0.3 is 0 Å². The first kappa shape index (κ1) is 18.1. The van der Waals surface area contributed by atoms with E-state index in [9.17, 15) is 9.90 Å². The largest absolute Gasteiger partial charge is 0.388 e. The van der Waals surface area contributed by atoms with Crippen molar-refractivity contribution in [1.82, 2.24) is 9.97 Å². The molecule has 5 N–H and O–H groups in total. The minimum atomic E-state index is -1.28. The maximum Gasteiger partial charge on any atom is 0.244 e. The predicted octanol–water partition coefficient (Wildman–Crippen LogP) is 2.88. The minimum absolute atomic E-state index is 0.419. The molecule has 0 aliphatic rings. The highest BCUT2D eigenvalue weighted by Gasteiger charge is 2.29. The highest BCUT2D eigenvalue weighted by atomic mass is 16.3. The molecule has 0 aliphatic carbocycles. The van der Waals surface area contributed by atoms with Gasteiger partial charge in [-0.25, -0.2) is 4.98 Å². The number of benzene rings is 1. The number of nitrogens with zero attached hydrogens (tertiary/aromatic N) is 1. The van der Waals surface area contributed by atoms with Crippen molar-refractivity contribution in [3.8, 4) is 11.1 Å². The number of aromatic amines is 1. The summed E-state index contributed by atoms with van der Waals surface area (Å²) in [6, 6.07) is 8.76. The average Bonchev–Trinajstić information content (AvgIpc) is 2.93. The van der Waals surface area contributed by atoms with Gasteiger partial charge < -0.3 is 21.1 Å². The van der Waals surface area contributed by atoms with Gasteiger partial charge in [-0.2, -0.15) is 0 Å².